The predicted molar refractivity (Wildman–Crippen MR) is 63.5 cm³/mol. The molecular weight excluding hydrogens is 293 g/mol. The third-order valence-electron chi connectivity index (χ3n) is 1.33. The van der Waals surface area contributed by atoms with Gasteiger partial charge in [-0.05, 0) is 22.0 Å². The topological polar surface area (TPSA) is 12.0 Å². The summed E-state index contributed by atoms with van der Waals surface area (Å²) in [6.45, 7) is 1.43. The Bertz CT molecular complexity index is 298. The fourth-order valence-electron chi connectivity index (χ4n) is 0.790. The fourth-order valence-corrected chi connectivity index (χ4v) is 2.38. The van der Waals surface area contributed by atoms with Gasteiger partial charge in [0, 0.05) is 38.4 Å². The summed E-state index contributed by atoms with van der Waals surface area (Å²) >= 11 is 16.2. The molecule has 0 radical (unpaired) electrons. The summed E-state index contributed by atoms with van der Waals surface area (Å²) in [4.78, 5) is 1.27. The molecule has 72 valence electrons. The second-order valence-corrected chi connectivity index (χ2v) is 5.01. The van der Waals surface area contributed by atoms with E-state index < -0.39 is 0 Å². The van der Waals surface area contributed by atoms with Crippen LogP contribution in [0.5, 0.6) is 0 Å². The number of rotatable bonds is 4. The van der Waals surface area contributed by atoms with Crippen LogP contribution in [-0.2, 0) is 6.54 Å². The van der Waals surface area contributed by atoms with Crippen LogP contribution in [0.1, 0.15) is 4.88 Å². The summed E-state index contributed by atoms with van der Waals surface area (Å²) < 4.78 is 1.12. The molecule has 1 N–H and O–H groups in total. The van der Waals surface area contributed by atoms with Crippen molar-refractivity contribution in [3.8, 4) is 0 Å². The summed E-state index contributed by atoms with van der Waals surface area (Å²) in [6.07, 6.45) is 0. The van der Waals surface area contributed by atoms with E-state index in [9.17, 15) is 0 Å². The van der Waals surface area contributed by atoms with Crippen molar-refractivity contribution in [2.45, 2.75) is 6.54 Å². The Morgan fingerprint density at radius 1 is 1.69 bits per heavy atom. The Balaban J connectivity index is 2.28. The lowest BCUT2D eigenvalue weighted by molar-refractivity contribution is 0.764. The van der Waals surface area contributed by atoms with Crippen molar-refractivity contribution in [1.82, 2.24) is 5.32 Å². The van der Waals surface area contributed by atoms with Gasteiger partial charge in [0.1, 0.15) is 0 Å². The Morgan fingerprint density at radius 2 is 2.46 bits per heavy atom. The molecule has 0 aliphatic rings. The van der Waals surface area contributed by atoms with E-state index in [1.807, 2.05) is 0 Å². The summed E-state index contributed by atoms with van der Waals surface area (Å²) in [6, 6.07) is 2.08. The number of nitrogens with one attached hydrogen (secondary N) is 1. The third kappa shape index (κ3) is 4.47. The maximum Gasteiger partial charge on any atom is 0.0432 e. The van der Waals surface area contributed by atoms with Crippen LogP contribution in [0.25, 0.3) is 0 Å². The highest BCUT2D eigenvalue weighted by Gasteiger charge is 1.97. The molecule has 13 heavy (non-hydrogen) atoms. The van der Waals surface area contributed by atoms with Crippen LogP contribution in [0, 0.1) is 0 Å². The predicted octanol–water partition coefficient (Wildman–Crippen LogP) is 3.92. The maximum atomic E-state index is 5.70. The Kier molecular flexibility index (Phi) is 5.36. The van der Waals surface area contributed by atoms with Gasteiger partial charge in [-0.25, -0.2) is 0 Å². The summed E-state index contributed by atoms with van der Waals surface area (Å²) in [5.74, 6) is 0. The molecule has 1 aromatic rings. The lowest BCUT2D eigenvalue weighted by Crippen LogP contribution is -2.13. The van der Waals surface area contributed by atoms with Gasteiger partial charge in [-0.15, -0.1) is 11.3 Å². The molecule has 0 unspecified atom stereocenters. The quantitative estimate of drug-likeness (QED) is 0.889. The zero-order valence-electron chi connectivity index (χ0n) is 6.69. The van der Waals surface area contributed by atoms with Gasteiger partial charge in [-0.2, -0.15) is 0 Å². The first-order chi connectivity index (χ1) is 6.22. The Morgan fingerprint density at radius 3 is 3.00 bits per heavy atom. The van der Waals surface area contributed by atoms with Gasteiger partial charge in [0.15, 0.2) is 0 Å². The van der Waals surface area contributed by atoms with E-state index in [0.29, 0.717) is 11.6 Å². The lowest BCUT2D eigenvalue weighted by atomic mass is 10.4. The molecule has 0 aromatic carbocycles. The number of hydrogen-bond donors (Lipinski definition) is 1. The highest BCUT2D eigenvalue weighted by Crippen LogP contribution is 2.19. The second-order valence-electron chi connectivity index (χ2n) is 2.39. The first-order valence-electron chi connectivity index (χ1n) is 3.60. The van der Waals surface area contributed by atoms with Crippen molar-refractivity contribution < 1.29 is 0 Å². The van der Waals surface area contributed by atoms with Gasteiger partial charge in [0.2, 0.25) is 0 Å². The van der Waals surface area contributed by atoms with Gasteiger partial charge >= 0.3 is 0 Å². The Hall–Kier alpha value is 0.460. The normalized spacial score (nSPS) is 12.1. The molecule has 1 heterocycles. The standard InChI is InChI=1S/C8H8BrCl2NS/c9-6-1-8(13-5-6)4-12-3-7(11)2-10/h1-2,5,12H,3-4H2. The number of hydrogen-bond acceptors (Lipinski definition) is 2. The minimum absolute atomic E-state index is 0.612. The van der Waals surface area contributed by atoms with Crippen molar-refractivity contribution in [2.24, 2.45) is 0 Å². The van der Waals surface area contributed by atoms with E-state index in [1.165, 1.54) is 10.4 Å². The van der Waals surface area contributed by atoms with E-state index >= 15 is 0 Å². The largest absolute Gasteiger partial charge is 0.307 e. The monoisotopic (exact) mass is 299 g/mol. The smallest absolute Gasteiger partial charge is 0.0432 e. The first kappa shape index (κ1) is 11.5. The molecule has 0 atom stereocenters. The van der Waals surface area contributed by atoms with Crippen LogP contribution in [-0.4, -0.2) is 6.54 Å². The fraction of sp³-hybridized carbons (Fsp3) is 0.250. The SMILES string of the molecule is ClC=C(Cl)CNCc1cc(Br)cs1. The van der Waals surface area contributed by atoms with Gasteiger partial charge in [-0.3, -0.25) is 0 Å². The van der Waals surface area contributed by atoms with Crippen molar-refractivity contribution in [3.63, 3.8) is 0 Å². The summed E-state index contributed by atoms with van der Waals surface area (Å²) in [7, 11) is 0. The second kappa shape index (κ2) is 6.04. The summed E-state index contributed by atoms with van der Waals surface area (Å²) in [5.41, 5.74) is 1.37. The molecule has 5 heteroatoms. The van der Waals surface area contributed by atoms with E-state index in [-0.39, 0.29) is 0 Å². The van der Waals surface area contributed by atoms with Crippen molar-refractivity contribution >= 4 is 50.5 Å². The molecule has 0 spiro atoms. The van der Waals surface area contributed by atoms with E-state index in [4.69, 9.17) is 23.2 Å². The minimum Gasteiger partial charge on any atom is -0.307 e. The summed E-state index contributed by atoms with van der Waals surface area (Å²) in [5, 5.41) is 5.84. The van der Waals surface area contributed by atoms with Gasteiger partial charge in [-0.1, -0.05) is 23.2 Å². The van der Waals surface area contributed by atoms with Crippen LogP contribution in [0.15, 0.2) is 26.5 Å². The van der Waals surface area contributed by atoms with E-state index in [1.54, 1.807) is 11.3 Å². The van der Waals surface area contributed by atoms with Crippen LogP contribution >= 0.6 is 50.5 Å². The molecule has 0 fully saturated rings. The third-order valence-corrected chi connectivity index (χ3v) is 3.65. The highest BCUT2D eigenvalue weighted by molar-refractivity contribution is 9.10. The van der Waals surface area contributed by atoms with Crippen LogP contribution in [0.4, 0.5) is 0 Å². The van der Waals surface area contributed by atoms with E-state index in [0.717, 1.165) is 11.0 Å². The molecule has 0 aliphatic carbocycles. The molecule has 1 nitrogen and oxygen atoms in total. The zero-order chi connectivity index (χ0) is 9.68. The van der Waals surface area contributed by atoms with Crippen molar-refractivity contribution in [3.05, 3.63) is 31.4 Å². The Labute approximate surface area is 99.9 Å². The average Bonchev–Trinajstić information content (AvgIpc) is 2.51. The van der Waals surface area contributed by atoms with E-state index in [2.05, 4.69) is 32.7 Å². The number of halogens is 3. The van der Waals surface area contributed by atoms with Crippen LogP contribution < -0.4 is 5.32 Å². The van der Waals surface area contributed by atoms with Crippen molar-refractivity contribution in [2.75, 3.05) is 6.54 Å². The molecule has 1 aromatic heterocycles. The number of thiophene rings is 1. The van der Waals surface area contributed by atoms with Gasteiger partial charge in [0.05, 0.1) is 0 Å². The molecule has 0 amide bonds. The molecular formula is C8H8BrCl2NS. The maximum absolute atomic E-state index is 5.70. The lowest BCUT2D eigenvalue weighted by Gasteiger charge is -1.99. The first-order valence-corrected chi connectivity index (χ1v) is 6.09. The van der Waals surface area contributed by atoms with Gasteiger partial charge < -0.3 is 5.32 Å². The molecule has 0 bridgehead atoms. The average molecular weight is 301 g/mol. The highest BCUT2D eigenvalue weighted by atomic mass is 79.9. The van der Waals surface area contributed by atoms with Crippen LogP contribution in [0.2, 0.25) is 0 Å². The van der Waals surface area contributed by atoms with Gasteiger partial charge in [0.25, 0.3) is 0 Å². The van der Waals surface area contributed by atoms with Crippen LogP contribution in [0.3, 0.4) is 0 Å². The molecule has 1 rings (SSSR count). The minimum atomic E-state index is 0.612. The molecule has 0 saturated heterocycles. The zero-order valence-corrected chi connectivity index (χ0v) is 10.6. The molecule has 0 aliphatic heterocycles. The molecule has 0 saturated carbocycles. The van der Waals surface area contributed by atoms with Crippen molar-refractivity contribution in [1.29, 1.82) is 0 Å².